The molecule has 0 atom stereocenters. The standard InChI is InChI=1S/C22H21N5OS2/c1-27(2)17-10-8-16(9-11-17)20-25-19(15-6-4-3-5-7-15)21(26-20)30-14-18(28)24-22-23-12-13-29-22/h3-13H,14H2,1-2H3,(H,25,26)(H,23,24,28). The lowest BCUT2D eigenvalue weighted by Crippen LogP contribution is -2.13. The summed E-state index contributed by atoms with van der Waals surface area (Å²) in [5, 5.41) is 6.04. The van der Waals surface area contributed by atoms with E-state index in [1.165, 1.54) is 23.1 Å². The number of thiazole rings is 1. The minimum atomic E-state index is -0.103. The van der Waals surface area contributed by atoms with Crippen molar-refractivity contribution in [3.8, 4) is 22.6 Å². The highest BCUT2D eigenvalue weighted by atomic mass is 32.2. The second-order valence-electron chi connectivity index (χ2n) is 6.75. The van der Waals surface area contributed by atoms with Crippen LogP contribution in [-0.2, 0) is 4.79 Å². The van der Waals surface area contributed by atoms with Crippen LogP contribution in [0.2, 0.25) is 0 Å². The maximum Gasteiger partial charge on any atom is 0.236 e. The predicted molar refractivity (Wildman–Crippen MR) is 125 cm³/mol. The molecule has 0 saturated heterocycles. The summed E-state index contributed by atoms with van der Waals surface area (Å²) in [7, 11) is 4.03. The normalized spacial score (nSPS) is 10.7. The molecule has 0 aliphatic heterocycles. The van der Waals surface area contributed by atoms with Gasteiger partial charge in [-0.15, -0.1) is 11.3 Å². The molecule has 0 aliphatic carbocycles. The summed E-state index contributed by atoms with van der Waals surface area (Å²) >= 11 is 2.81. The van der Waals surface area contributed by atoms with Crippen LogP contribution in [0.5, 0.6) is 0 Å². The molecule has 0 bridgehead atoms. The van der Waals surface area contributed by atoms with Crippen molar-refractivity contribution in [3.05, 3.63) is 66.2 Å². The number of carbonyl (C=O) groups excluding carboxylic acids is 1. The van der Waals surface area contributed by atoms with Gasteiger partial charge in [0.1, 0.15) is 10.9 Å². The van der Waals surface area contributed by atoms with Crippen molar-refractivity contribution in [2.45, 2.75) is 5.03 Å². The van der Waals surface area contributed by atoms with Crippen LogP contribution in [-0.4, -0.2) is 40.7 Å². The molecule has 2 aromatic heterocycles. The van der Waals surface area contributed by atoms with E-state index in [1.54, 1.807) is 6.20 Å². The SMILES string of the molecule is CN(C)c1ccc(-c2nc(SCC(=O)Nc3nccs3)c(-c3ccccc3)[nH]2)cc1. The molecule has 2 N–H and O–H groups in total. The first-order chi connectivity index (χ1) is 14.6. The van der Waals surface area contributed by atoms with Gasteiger partial charge in [0.2, 0.25) is 5.91 Å². The maximum absolute atomic E-state index is 12.3. The largest absolute Gasteiger partial charge is 0.378 e. The van der Waals surface area contributed by atoms with E-state index in [4.69, 9.17) is 4.98 Å². The van der Waals surface area contributed by atoms with Gasteiger partial charge in [0.25, 0.3) is 0 Å². The van der Waals surface area contributed by atoms with Gasteiger partial charge in [-0.2, -0.15) is 0 Å². The van der Waals surface area contributed by atoms with E-state index in [0.717, 1.165) is 33.4 Å². The lowest BCUT2D eigenvalue weighted by Gasteiger charge is -2.12. The Morgan fingerprint density at radius 3 is 2.53 bits per heavy atom. The van der Waals surface area contributed by atoms with Crippen molar-refractivity contribution < 1.29 is 4.79 Å². The Kier molecular flexibility index (Phi) is 6.15. The van der Waals surface area contributed by atoms with Gasteiger partial charge in [-0.25, -0.2) is 9.97 Å². The summed E-state index contributed by atoms with van der Waals surface area (Å²) in [5.41, 5.74) is 4.07. The van der Waals surface area contributed by atoms with E-state index in [1.807, 2.05) is 61.9 Å². The Hall–Kier alpha value is -3.10. The van der Waals surface area contributed by atoms with E-state index in [9.17, 15) is 4.79 Å². The highest BCUT2D eigenvalue weighted by Gasteiger charge is 2.16. The molecule has 8 heteroatoms. The number of hydrogen-bond acceptors (Lipinski definition) is 6. The minimum absolute atomic E-state index is 0.103. The molecule has 4 rings (SSSR count). The minimum Gasteiger partial charge on any atom is -0.378 e. The molecule has 4 aromatic rings. The molecule has 6 nitrogen and oxygen atoms in total. The van der Waals surface area contributed by atoms with Crippen molar-refractivity contribution in [1.29, 1.82) is 0 Å². The average molecular weight is 436 g/mol. The number of nitrogens with zero attached hydrogens (tertiary/aromatic N) is 3. The third-order valence-corrected chi connectivity index (χ3v) is 6.07. The van der Waals surface area contributed by atoms with E-state index in [2.05, 4.69) is 32.3 Å². The van der Waals surface area contributed by atoms with Gasteiger partial charge in [0.15, 0.2) is 5.13 Å². The molecular formula is C22H21N5OS2. The molecule has 1 amide bonds. The van der Waals surface area contributed by atoms with Crippen LogP contribution in [0.25, 0.3) is 22.6 Å². The zero-order valence-corrected chi connectivity index (χ0v) is 18.3. The summed E-state index contributed by atoms with van der Waals surface area (Å²) in [5.74, 6) is 0.930. The highest BCUT2D eigenvalue weighted by Crippen LogP contribution is 2.33. The number of aromatic nitrogens is 3. The number of aromatic amines is 1. The molecule has 2 heterocycles. The molecule has 2 aromatic carbocycles. The van der Waals surface area contributed by atoms with Crippen LogP contribution in [0.4, 0.5) is 10.8 Å². The number of imidazole rings is 1. The molecule has 0 saturated carbocycles. The molecule has 0 unspecified atom stereocenters. The highest BCUT2D eigenvalue weighted by molar-refractivity contribution is 8.00. The van der Waals surface area contributed by atoms with Crippen LogP contribution in [0, 0.1) is 0 Å². The number of rotatable bonds is 7. The number of H-pyrrole nitrogens is 1. The molecule has 0 spiro atoms. The summed E-state index contributed by atoms with van der Waals surface area (Å²) in [4.78, 5) is 26.7. The zero-order chi connectivity index (χ0) is 20.9. The van der Waals surface area contributed by atoms with Gasteiger partial charge < -0.3 is 15.2 Å². The lowest BCUT2D eigenvalue weighted by molar-refractivity contribution is -0.113. The quantitative estimate of drug-likeness (QED) is 0.400. The first kappa shape index (κ1) is 20.2. The Morgan fingerprint density at radius 1 is 1.10 bits per heavy atom. The number of nitrogens with one attached hydrogen (secondary N) is 2. The van der Waals surface area contributed by atoms with Gasteiger partial charge in [0, 0.05) is 42.5 Å². The second-order valence-corrected chi connectivity index (χ2v) is 8.61. The predicted octanol–water partition coefficient (Wildman–Crippen LogP) is 5.00. The van der Waals surface area contributed by atoms with Gasteiger partial charge >= 0.3 is 0 Å². The van der Waals surface area contributed by atoms with Crippen LogP contribution in [0.1, 0.15) is 0 Å². The maximum atomic E-state index is 12.3. The number of amides is 1. The zero-order valence-electron chi connectivity index (χ0n) is 16.6. The van der Waals surface area contributed by atoms with Crippen LogP contribution >= 0.6 is 23.1 Å². The number of anilines is 2. The van der Waals surface area contributed by atoms with Crippen molar-refractivity contribution in [2.75, 3.05) is 30.1 Å². The Labute approximate surface area is 183 Å². The molecular weight excluding hydrogens is 414 g/mol. The van der Waals surface area contributed by atoms with Crippen molar-refractivity contribution >= 4 is 39.8 Å². The first-order valence-electron chi connectivity index (χ1n) is 9.35. The Bertz CT molecular complexity index is 1110. The Balaban J connectivity index is 1.58. The summed E-state index contributed by atoms with van der Waals surface area (Å²) in [6.45, 7) is 0. The van der Waals surface area contributed by atoms with Crippen LogP contribution in [0.3, 0.4) is 0 Å². The smallest absolute Gasteiger partial charge is 0.236 e. The van der Waals surface area contributed by atoms with E-state index < -0.39 is 0 Å². The average Bonchev–Trinajstić information content (AvgIpc) is 3.43. The van der Waals surface area contributed by atoms with Gasteiger partial charge in [-0.05, 0) is 24.3 Å². The fourth-order valence-electron chi connectivity index (χ4n) is 2.89. The number of thioether (sulfide) groups is 1. The topological polar surface area (TPSA) is 73.9 Å². The summed E-state index contributed by atoms with van der Waals surface area (Å²) in [6, 6.07) is 18.3. The molecule has 0 fully saturated rings. The van der Waals surface area contributed by atoms with Gasteiger partial charge in [-0.3, -0.25) is 4.79 Å². The molecule has 152 valence electrons. The fourth-order valence-corrected chi connectivity index (χ4v) is 4.24. The van der Waals surface area contributed by atoms with Crippen molar-refractivity contribution in [1.82, 2.24) is 15.0 Å². The van der Waals surface area contributed by atoms with Crippen LogP contribution < -0.4 is 10.2 Å². The third kappa shape index (κ3) is 4.72. The second kappa shape index (κ2) is 9.15. The van der Waals surface area contributed by atoms with E-state index >= 15 is 0 Å². The van der Waals surface area contributed by atoms with Gasteiger partial charge in [-0.1, -0.05) is 42.1 Å². The van der Waals surface area contributed by atoms with Crippen molar-refractivity contribution in [2.24, 2.45) is 0 Å². The van der Waals surface area contributed by atoms with Crippen LogP contribution in [0.15, 0.2) is 71.2 Å². The van der Waals surface area contributed by atoms with Crippen molar-refractivity contribution in [3.63, 3.8) is 0 Å². The fraction of sp³-hybridized carbons (Fsp3) is 0.136. The molecule has 0 radical (unpaired) electrons. The number of hydrogen-bond donors (Lipinski definition) is 2. The monoisotopic (exact) mass is 435 g/mol. The summed E-state index contributed by atoms with van der Waals surface area (Å²) < 4.78 is 0. The van der Waals surface area contributed by atoms with E-state index in [0.29, 0.717) is 5.13 Å². The lowest BCUT2D eigenvalue weighted by atomic mass is 10.2. The van der Waals surface area contributed by atoms with E-state index in [-0.39, 0.29) is 11.7 Å². The van der Waals surface area contributed by atoms with Gasteiger partial charge in [0.05, 0.1) is 11.4 Å². The summed E-state index contributed by atoms with van der Waals surface area (Å²) in [6.07, 6.45) is 1.67. The number of carbonyl (C=O) groups is 1. The third-order valence-electron chi connectivity index (χ3n) is 4.41. The Morgan fingerprint density at radius 2 is 1.87 bits per heavy atom. The molecule has 0 aliphatic rings. The first-order valence-corrected chi connectivity index (χ1v) is 11.2. The number of benzene rings is 2. The molecule has 30 heavy (non-hydrogen) atoms.